The predicted octanol–water partition coefficient (Wildman–Crippen LogP) is 13.4. The standard InChI is InChI=1S/C48H33NO2/c1-33-11-9-20-45(50-46-18-7-5-14-41(33)46)37-25-31-40(32-26-37)49(38-27-21-35(22-28-38)34-12-3-2-4-13-34)39-29-23-36(24-30-39)42-16-10-17-44-43-15-6-8-19-47(43)51-48(42)44/h2-32H,1H2/b11-9-,45-20-. The van der Waals surface area contributed by atoms with E-state index in [1.54, 1.807) is 0 Å². The first-order chi connectivity index (χ1) is 25.2. The lowest BCUT2D eigenvalue weighted by molar-refractivity contribution is 0.513. The average Bonchev–Trinajstić information content (AvgIpc) is 3.57. The van der Waals surface area contributed by atoms with Gasteiger partial charge in [0.05, 0.1) is 0 Å². The van der Waals surface area contributed by atoms with E-state index < -0.39 is 0 Å². The van der Waals surface area contributed by atoms with Crippen LogP contribution in [0.3, 0.4) is 0 Å². The number of furan rings is 1. The molecule has 0 amide bonds. The largest absolute Gasteiger partial charge is 0.456 e. The molecular weight excluding hydrogens is 623 g/mol. The molecule has 0 N–H and O–H groups in total. The molecule has 0 spiro atoms. The molecule has 0 fully saturated rings. The Morgan fingerprint density at radius 3 is 1.76 bits per heavy atom. The van der Waals surface area contributed by atoms with Gasteiger partial charge in [-0.25, -0.2) is 0 Å². The number of fused-ring (bicyclic) bond motifs is 4. The minimum atomic E-state index is 0.778. The van der Waals surface area contributed by atoms with Crippen LogP contribution in [-0.4, -0.2) is 0 Å². The van der Waals surface area contributed by atoms with E-state index >= 15 is 0 Å². The molecule has 3 heteroatoms. The molecule has 0 atom stereocenters. The van der Waals surface area contributed by atoms with E-state index in [0.717, 1.165) is 78.3 Å². The first kappa shape index (κ1) is 30.2. The molecule has 8 aromatic rings. The van der Waals surface area contributed by atoms with Crippen molar-refractivity contribution in [3.63, 3.8) is 0 Å². The maximum absolute atomic E-state index is 6.45. The van der Waals surface area contributed by atoms with Gasteiger partial charge in [0, 0.05) is 44.5 Å². The molecule has 0 aliphatic carbocycles. The summed E-state index contributed by atoms with van der Waals surface area (Å²) in [7, 11) is 0. The monoisotopic (exact) mass is 655 g/mol. The number of hydrogen-bond donors (Lipinski definition) is 0. The fraction of sp³-hybridized carbons (Fsp3) is 0. The van der Waals surface area contributed by atoms with Crippen molar-refractivity contribution in [2.24, 2.45) is 0 Å². The third-order valence-corrected chi connectivity index (χ3v) is 9.48. The number of nitrogens with zero attached hydrogens (tertiary/aromatic N) is 1. The molecule has 2 heterocycles. The molecule has 9 rings (SSSR count). The van der Waals surface area contributed by atoms with Crippen LogP contribution in [0.15, 0.2) is 199 Å². The van der Waals surface area contributed by atoms with Crippen molar-refractivity contribution in [2.45, 2.75) is 0 Å². The van der Waals surface area contributed by atoms with Crippen molar-refractivity contribution in [2.75, 3.05) is 4.90 Å². The molecule has 7 aromatic carbocycles. The highest BCUT2D eigenvalue weighted by atomic mass is 16.5. The van der Waals surface area contributed by atoms with Gasteiger partial charge in [-0.15, -0.1) is 0 Å². The minimum Gasteiger partial charge on any atom is -0.456 e. The Hall–Kier alpha value is -6.84. The Kier molecular flexibility index (Phi) is 7.64. The van der Waals surface area contributed by atoms with Crippen molar-refractivity contribution in [1.29, 1.82) is 0 Å². The second kappa shape index (κ2) is 12.9. The molecule has 0 saturated carbocycles. The quantitative estimate of drug-likeness (QED) is 0.178. The fourth-order valence-electron chi connectivity index (χ4n) is 6.89. The molecule has 0 radical (unpaired) electrons. The molecule has 51 heavy (non-hydrogen) atoms. The summed E-state index contributed by atoms with van der Waals surface area (Å²) >= 11 is 0. The second-order valence-corrected chi connectivity index (χ2v) is 12.6. The molecule has 242 valence electrons. The summed E-state index contributed by atoms with van der Waals surface area (Å²) < 4.78 is 12.8. The Balaban J connectivity index is 1.09. The summed E-state index contributed by atoms with van der Waals surface area (Å²) in [6, 6.07) is 59.1. The number of para-hydroxylation sites is 3. The first-order valence-corrected chi connectivity index (χ1v) is 17.1. The summed E-state index contributed by atoms with van der Waals surface area (Å²) in [4.78, 5) is 2.29. The Morgan fingerprint density at radius 2 is 1.02 bits per heavy atom. The lowest BCUT2D eigenvalue weighted by Gasteiger charge is -2.26. The van der Waals surface area contributed by atoms with Gasteiger partial charge in [0.15, 0.2) is 0 Å². The Morgan fingerprint density at radius 1 is 0.451 bits per heavy atom. The SMILES string of the molecule is C=C1/C=C\C=C(\c2ccc(N(c3ccc(-c4ccccc4)cc3)c3ccc(-c4cccc5c4oc4ccccc45)cc3)cc2)Oc2ccccc21. The maximum Gasteiger partial charge on any atom is 0.143 e. The number of benzene rings is 7. The van der Waals surface area contributed by atoms with Crippen molar-refractivity contribution in [3.8, 4) is 28.0 Å². The van der Waals surface area contributed by atoms with Crippen LogP contribution in [0.5, 0.6) is 5.75 Å². The highest BCUT2D eigenvalue weighted by Gasteiger charge is 2.17. The van der Waals surface area contributed by atoms with Crippen LogP contribution in [0.1, 0.15) is 11.1 Å². The van der Waals surface area contributed by atoms with Crippen LogP contribution in [0.2, 0.25) is 0 Å². The molecule has 1 aliphatic rings. The smallest absolute Gasteiger partial charge is 0.143 e. The van der Waals surface area contributed by atoms with Crippen LogP contribution in [0, 0.1) is 0 Å². The molecule has 1 aliphatic heterocycles. The molecule has 1 aromatic heterocycles. The zero-order valence-corrected chi connectivity index (χ0v) is 27.9. The Bertz CT molecular complexity index is 2590. The molecule has 0 unspecified atom stereocenters. The number of hydrogen-bond acceptors (Lipinski definition) is 3. The first-order valence-electron chi connectivity index (χ1n) is 17.1. The topological polar surface area (TPSA) is 25.6 Å². The fourth-order valence-corrected chi connectivity index (χ4v) is 6.89. The van der Waals surface area contributed by atoms with Crippen molar-refractivity contribution < 1.29 is 9.15 Å². The highest BCUT2D eigenvalue weighted by molar-refractivity contribution is 6.09. The predicted molar refractivity (Wildman–Crippen MR) is 212 cm³/mol. The maximum atomic E-state index is 6.45. The van der Waals surface area contributed by atoms with Gasteiger partial charge in [-0.2, -0.15) is 0 Å². The summed E-state index contributed by atoms with van der Waals surface area (Å²) in [5.41, 5.74) is 12.4. The average molecular weight is 656 g/mol. The van der Waals surface area contributed by atoms with Gasteiger partial charge in [0.1, 0.15) is 22.7 Å². The summed E-state index contributed by atoms with van der Waals surface area (Å²) in [5.74, 6) is 1.57. The third kappa shape index (κ3) is 5.71. The van der Waals surface area contributed by atoms with Crippen molar-refractivity contribution >= 4 is 50.3 Å². The van der Waals surface area contributed by atoms with Gasteiger partial charge in [-0.3, -0.25) is 0 Å². The van der Waals surface area contributed by atoms with Crippen molar-refractivity contribution in [1.82, 2.24) is 0 Å². The molecular formula is C48H33NO2. The number of ether oxygens (including phenoxy) is 1. The minimum absolute atomic E-state index is 0.778. The Labute approximate surface area is 297 Å². The summed E-state index contributed by atoms with van der Waals surface area (Å²) in [6.07, 6.45) is 6.02. The third-order valence-electron chi connectivity index (χ3n) is 9.48. The van der Waals surface area contributed by atoms with Gasteiger partial charge in [-0.05, 0) is 89.0 Å². The van der Waals surface area contributed by atoms with Gasteiger partial charge in [-0.1, -0.05) is 128 Å². The lowest BCUT2D eigenvalue weighted by atomic mass is 10.0. The molecule has 0 bridgehead atoms. The van der Waals surface area contributed by atoms with Crippen LogP contribution < -0.4 is 9.64 Å². The summed E-state index contributed by atoms with van der Waals surface area (Å²) in [6.45, 7) is 4.20. The van der Waals surface area contributed by atoms with Crippen LogP contribution in [0.4, 0.5) is 17.1 Å². The molecule has 3 nitrogen and oxygen atoms in total. The zero-order valence-electron chi connectivity index (χ0n) is 27.9. The van der Waals surface area contributed by atoms with Crippen LogP contribution in [0.25, 0.3) is 55.5 Å². The van der Waals surface area contributed by atoms with E-state index in [1.165, 1.54) is 11.1 Å². The van der Waals surface area contributed by atoms with Gasteiger partial charge in [0.25, 0.3) is 0 Å². The van der Waals surface area contributed by atoms with Gasteiger partial charge in [0.2, 0.25) is 0 Å². The van der Waals surface area contributed by atoms with Crippen molar-refractivity contribution in [3.05, 3.63) is 206 Å². The number of rotatable bonds is 6. The second-order valence-electron chi connectivity index (χ2n) is 12.6. The van der Waals surface area contributed by atoms with E-state index in [9.17, 15) is 0 Å². The van der Waals surface area contributed by atoms with E-state index in [4.69, 9.17) is 9.15 Å². The summed E-state index contributed by atoms with van der Waals surface area (Å²) in [5, 5.41) is 2.26. The molecule has 0 saturated heterocycles. The lowest BCUT2D eigenvalue weighted by Crippen LogP contribution is -2.10. The van der Waals surface area contributed by atoms with E-state index in [0.29, 0.717) is 0 Å². The van der Waals surface area contributed by atoms with E-state index in [-0.39, 0.29) is 0 Å². The zero-order chi connectivity index (χ0) is 34.1. The van der Waals surface area contributed by atoms with E-state index in [1.807, 2.05) is 60.7 Å². The van der Waals surface area contributed by atoms with Gasteiger partial charge < -0.3 is 14.1 Å². The number of allylic oxidation sites excluding steroid dienone is 4. The van der Waals surface area contributed by atoms with Crippen LogP contribution >= 0.6 is 0 Å². The number of anilines is 3. The van der Waals surface area contributed by atoms with Crippen LogP contribution in [-0.2, 0) is 0 Å². The highest BCUT2D eigenvalue weighted by Crippen LogP contribution is 2.40. The normalized spacial score (nSPS) is 14.2. The van der Waals surface area contributed by atoms with Gasteiger partial charge >= 0.3 is 0 Å². The van der Waals surface area contributed by atoms with E-state index in [2.05, 4.69) is 139 Å².